The second-order valence-corrected chi connectivity index (χ2v) is 4.23. The summed E-state index contributed by atoms with van der Waals surface area (Å²) in [4.78, 5) is 4.12. The van der Waals surface area contributed by atoms with Crippen LogP contribution in [0, 0.1) is 0 Å². The van der Waals surface area contributed by atoms with E-state index in [2.05, 4.69) is 21.5 Å². The van der Waals surface area contributed by atoms with E-state index in [1.165, 1.54) is 17.1 Å². The fraction of sp³-hybridized carbons (Fsp3) is 0.273. The molecule has 0 bridgehead atoms. The maximum Gasteiger partial charge on any atom is 0.232 e. The van der Waals surface area contributed by atoms with E-state index in [0.717, 1.165) is 23.6 Å². The molecular weight excluding hydrogens is 222 g/mol. The van der Waals surface area contributed by atoms with Crippen LogP contribution < -0.4 is 10.5 Å². The lowest BCUT2D eigenvalue weighted by molar-refractivity contribution is 0.414. The number of benzene rings is 1. The van der Waals surface area contributed by atoms with Gasteiger partial charge in [0.15, 0.2) is 0 Å². The third-order valence-corrected chi connectivity index (χ3v) is 3.05. The summed E-state index contributed by atoms with van der Waals surface area (Å²) in [5.41, 5.74) is 6.72. The lowest BCUT2D eigenvalue weighted by atomic mass is 10.1. The molecule has 1 aromatic carbocycles. The maximum atomic E-state index is 5.46. The highest BCUT2D eigenvalue weighted by atomic mass is 32.1. The molecule has 1 heterocycles. The Balaban J connectivity index is 1.94. The van der Waals surface area contributed by atoms with Crippen molar-refractivity contribution in [2.45, 2.75) is 12.8 Å². The highest BCUT2D eigenvalue weighted by Crippen LogP contribution is 2.14. The number of rotatable bonds is 4. The summed E-state index contributed by atoms with van der Waals surface area (Å²) >= 11 is 1.37. The minimum Gasteiger partial charge on any atom is -0.497 e. The Morgan fingerprint density at radius 3 is 2.56 bits per heavy atom. The van der Waals surface area contributed by atoms with Crippen molar-refractivity contribution in [1.82, 2.24) is 9.36 Å². The maximum absolute atomic E-state index is 5.46. The SMILES string of the molecule is COc1ccc(CCc2nc(N)ns2)cc1. The zero-order valence-electron chi connectivity index (χ0n) is 9.01. The number of aromatic nitrogens is 2. The van der Waals surface area contributed by atoms with Gasteiger partial charge in [0.25, 0.3) is 0 Å². The van der Waals surface area contributed by atoms with Crippen molar-refractivity contribution in [2.75, 3.05) is 12.8 Å². The molecule has 0 fully saturated rings. The Kier molecular flexibility index (Phi) is 3.36. The monoisotopic (exact) mass is 235 g/mol. The number of aryl methyl sites for hydroxylation is 2. The molecule has 0 radical (unpaired) electrons. The molecule has 2 N–H and O–H groups in total. The molecule has 16 heavy (non-hydrogen) atoms. The van der Waals surface area contributed by atoms with Crippen LogP contribution in [0.3, 0.4) is 0 Å². The molecule has 84 valence electrons. The van der Waals surface area contributed by atoms with Crippen LogP contribution in [-0.4, -0.2) is 16.5 Å². The van der Waals surface area contributed by atoms with Crippen molar-refractivity contribution in [3.63, 3.8) is 0 Å². The van der Waals surface area contributed by atoms with E-state index in [1.807, 2.05) is 12.1 Å². The van der Waals surface area contributed by atoms with Crippen molar-refractivity contribution >= 4 is 17.5 Å². The Labute approximate surface area is 98.3 Å². The van der Waals surface area contributed by atoms with Crippen LogP contribution in [-0.2, 0) is 12.8 Å². The van der Waals surface area contributed by atoms with Crippen LogP contribution in [0.4, 0.5) is 5.95 Å². The van der Waals surface area contributed by atoms with Gasteiger partial charge in [0.05, 0.1) is 7.11 Å². The van der Waals surface area contributed by atoms with Gasteiger partial charge in [-0.15, -0.1) is 0 Å². The quantitative estimate of drug-likeness (QED) is 0.879. The molecule has 2 rings (SSSR count). The predicted octanol–water partition coefficient (Wildman–Crippen LogP) is 1.91. The fourth-order valence-electron chi connectivity index (χ4n) is 1.41. The number of methoxy groups -OCH3 is 1. The molecule has 0 aliphatic rings. The third kappa shape index (κ3) is 2.70. The number of anilines is 1. The average molecular weight is 235 g/mol. The van der Waals surface area contributed by atoms with E-state index < -0.39 is 0 Å². The summed E-state index contributed by atoms with van der Waals surface area (Å²) in [7, 11) is 1.67. The lowest BCUT2D eigenvalue weighted by Crippen LogP contribution is -1.92. The second-order valence-electron chi connectivity index (χ2n) is 3.39. The average Bonchev–Trinajstić information content (AvgIpc) is 2.73. The topological polar surface area (TPSA) is 61.0 Å². The molecule has 2 aromatic rings. The molecule has 0 aliphatic carbocycles. The minimum atomic E-state index is 0.370. The summed E-state index contributed by atoms with van der Waals surface area (Å²) in [5, 5.41) is 0.980. The molecule has 0 saturated heterocycles. The molecule has 0 saturated carbocycles. The van der Waals surface area contributed by atoms with E-state index in [1.54, 1.807) is 7.11 Å². The first-order valence-electron chi connectivity index (χ1n) is 4.99. The van der Waals surface area contributed by atoms with Crippen molar-refractivity contribution in [2.24, 2.45) is 0 Å². The molecule has 1 aromatic heterocycles. The van der Waals surface area contributed by atoms with Gasteiger partial charge in [-0.25, -0.2) is 4.98 Å². The molecule has 0 spiro atoms. The summed E-state index contributed by atoms with van der Waals surface area (Å²) in [6, 6.07) is 8.04. The molecule has 4 nitrogen and oxygen atoms in total. The predicted molar refractivity (Wildman–Crippen MR) is 64.7 cm³/mol. The van der Waals surface area contributed by atoms with Gasteiger partial charge in [0, 0.05) is 6.42 Å². The van der Waals surface area contributed by atoms with E-state index in [-0.39, 0.29) is 0 Å². The second kappa shape index (κ2) is 4.94. The molecular formula is C11H13N3OS. The van der Waals surface area contributed by atoms with E-state index in [0.29, 0.717) is 5.95 Å². The lowest BCUT2D eigenvalue weighted by Gasteiger charge is -2.01. The normalized spacial score (nSPS) is 10.3. The molecule has 0 atom stereocenters. The first kappa shape index (κ1) is 10.9. The number of nitrogen functional groups attached to an aromatic ring is 1. The highest BCUT2D eigenvalue weighted by molar-refractivity contribution is 7.05. The molecule has 5 heteroatoms. The van der Waals surface area contributed by atoms with Gasteiger partial charge in [-0.3, -0.25) is 0 Å². The first-order chi connectivity index (χ1) is 7.78. The zero-order valence-corrected chi connectivity index (χ0v) is 9.83. The fourth-order valence-corrected chi connectivity index (χ4v) is 1.98. The van der Waals surface area contributed by atoms with Crippen LogP contribution in [0.5, 0.6) is 5.75 Å². The van der Waals surface area contributed by atoms with Crippen LogP contribution >= 0.6 is 11.5 Å². The van der Waals surface area contributed by atoms with Gasteiger partial charge in [-0.1, -0.05) is 12.1 Å². The summed E-state index contributed by atoms with van der Waals surface area (Å²) in [5.74, 6) is 1.25. The number of ether oxygens (including phenoxy) is 1. The number of nitrogens with two attached hydrogens (primary N) is 1. The zero-order chi connectivity index (χ0) is 11.4. The Morgan fingerprint density at radius 1 is 1.25 bits per heavy atom. The number of nitrogens with zero attached hydrogens (tertiary/aromatic N) is 2. The van der Waals surface area contributed by atoms with Gasteiger partial charge < -0.3 is 10.5 Å². The van der Waals surface area contributed by atoms with Crippen molar-refractivity contribution in [3.05, 3.63) is 34.8 Å². The molecule has 0 aliphatic heterocycles. The van der Waals surface area contributed by atoms with Gasteiger partial charge >= 0.3 is 0 Å². The van der Waals surface area contributed by atoms with Crippen molar-refractivity contribution in [3.8, 4) is 5.75 Å². The van der Waals surface area contributed by atoms with Crippen LogP contribution in [0.2, 0.25) is 0 Å². The van der Waals surface area contributed by atoms with Gasteiger partial charge in [-0.2, -0.15) is 4.37 Å². The van der Waals surface area contributed by atoms with Crippen molar-refractivity contribution < 1.29 is 4.74 Å². The van der Waals surface area contributed by atoms with Gasteiger partial charge in [0.2, 0.25) is 5.95 Å². The van der Waals surface area contributed by atoms with E-state index in [9.17, 15) is 0 Å². The van der Waals surface area contributed by atoms with Crippen molar-refractivity contribution in [1.29, 1.82) is 0 Å². The first-order valence-corrected chi connectivity index (χ1v) is 5.76. The van der Waals surface area contributed by atoms with Crippen LogP contribution in [0.25, 0.3) is 0 Å². The van der Waals surface area contributed by atoms with Crippen LogP contribution in [0.15, 0.2) is 24.3 Å². The number of hydrogen-bond acceptors (Lipinski definition) is 5. The van der Waals surface area contributed by atoms with E-state index >= 15 is 0 Å². The Bertz CT molecular complexity index is 453. The highest BCUT2D eigenvalue weighted by Gasteiger charge is 2.01. The van der Waals surface area contributed by atoms with Gasteiger partial charge in [0.1, 0.15) is 10.8 Å². The number of hydrogen-bond donors (Lipinski definition) is 1. The molecule has 0 unspecified atom stereocenters. The Hall–Kier alpha value is -1.62. The standard InChI is InChI=1S/C11H13N3OS/c1-15-9-5-2-8(3-6-9)4-7-10-13-11(12)14-16-10/h2-3,5-6H,4,7H2,1H3,(H2,12,14). The van der Waals surface area contributed by atoms with Crippen LogP contribution in [0.1, 0.15) is 10.6 Å². The largest absolute Gasteiger partial charge is 0.497 e. The molecule has 0 amide bonds. The third-order valence-electron chi connectivity index (χ3n) is 2.27. The Morgan fingerprint density at radius 2 is 2.00 bits per heavy atom. The summed E-state index contributed by atoms with van der Waals surface area (Å²) in [6.45, 7) is 0. The smallest absolute Gasteiger partial charge is 0.232 e. The minimum absolute atomic E-state index is 0.370. The van der Waals surface area contributed by atoms with E-state index in [4.69, 9.17) is 10.5 Å². The summed E-state index contributed by atoms with van der Waals surface area (Å²) in [6.07, 6.45) is 1.82. The van der Waals surface area contributed by atoms with Gasteiger partial charge in [-0.05, 0) is 35.6 Å². The summed E-state index contributed by atoms with van der Waals surface area (Å²) < 4.78 is 9.04.